The maximum atomic E-state index is 13.7. The van der Waals surface area contributed by atoms with Crippen LogP contribution in [-0.2, 0) is 14.4 Å². The van der Waals surface area contributed by atoms with Gasteiger partial charge in [0.25, 0.3) is 5.91 Å². The van der Waals surface area contributed by atoms with Gasteiger partial charge in [0, 0.05) is 12.8 Å². The Labute approximate surface area is 211 Å². The number of ether oxygens (including phenoxy) is 2. The highest BCUT2D eigenvalue weighted by atomic mass is 19.1. The van der Waals surface area contributed by atoms with Gasteiger partial charge in [0.05, 0.1) is 24.7 Å². The average Bonchev–Trinajstić information content (AvgIpc) is 2.89. The second-order valence-electron chi connectivity index (χ2n) is 7.55. The number of carbonyl (C=O) groups excluding carboxylic acids is 3. The SMILES string of the molecule is COc1cc(C=NNC(=O)CCC(=O)Nc2ccccc2F)ccc1OCC(=O)Nc1ccccc1F. The minimum Gasteiger partial charge on any atom is -0.493 e. The van der Waals surface area contributed by atoms with Crippen molar-refractivity contribution in [2.24, 2.45) is 5.10 Å². The highest BCUT2D eigenvalue weighted by Gasteiger charge is 2.11. The first-order valence-electron chi connectivity index (χ1n) is 11.1. The number of methoxy groups -OCH3 is 1. The lowest BCUT2D eigenvalue weighted by Gasteiger charge is -2.11. The molecule has 192 valence electrons. The van der Waals surface area contributed by atoms with Crippen molar-refractivity contribution in [3.8, 4) is 11.5 Å². The Kier molecular flexibility index (Phi) is 9.66. The number of benzene rings is 3. The first kappa shape index (κ1) is 26.8. The number of para-hydroxylation sites is 2. The van der Waals surface area contributed by atoms with E-state index in [4.69, 9.17) is 9.47 Å². The van der Waals surface area contributed by atoms with E-state index < -0.39 is 29.4 Å². The number of hydrogen-bond donors (Lipinski definition) is 3. The second kappa shape index (κ2) is 13.3. The molecule has 3 aromatic rings. The van der Waals surface area contributed by atoms with Crippen LogP contribution in [0.15, 0.2) is 71.8 Å². The van der Waals surface area contributed by atoms with Crippen molar-refractivity contribution in [2.45, 2.75) is 12.8 Å². The van der Waals surface area contributed by atoms with Crippen LogP contribution in [-0.4, -0.2) is 37.7 Å². The summed E-state index contributed by atoms with van der Waals surface area (Å²) in [5.41, 5.74) is 2.94. The van der Waals surface area contributed by atoms with Crippen LogP contribution < -0.4 is 25.5 Å². The van der Waals surface area contributed by atoms with Gasteiger partial charge in [0.15, 0.2) is 18.1 Å². The molecule has 0 radical (unpaired) electrons. The Morgan fingerprint density at radius 3 is 2.03 bits per heavy atom. The minimum absolute atomic E-state index is 0.0398. The first-order valence-corrected chi connectivity index (χ1v) is 11.1. The van der Waals surface area contributed by atoms with Gasteiger partial charge in [-0.2, -0.15) is 5.10 Å². The summed E-state index contributed by atoms with van der Waals surface area (Å²) in [5.74, 6) is -2.12. The molecule has 0 spiro atoms. The van der Waals surface area contributed by atoms with Crippen molar-refractivity contribution in [2.75, 3.05) is 24.4 Å². The van der Waals surface area contributed by atoms with Crippen LogP contribution in [0.5, 0.6) is 11.5 Å². The van der Waals surface area contributed by atoms with Crippen molar-refractivity contribution in [3.63, 3.8) is 0 Å². The zero-order valence-corrected chi connectivity index (χ0v) is 19.8. The molecule has 0 aromatic heterocycles. The Morgan fingerprint density at radius 2 is 1.41 bits per heavy atom. The monoisotopic (exact) mass is 510 g/mol. The van der Waals surface area contributed by atoms with Crippen molar-refractivity contribution < 1.29 is 32.6 Å². The summed E-state index contributed by atoms with van der Waals surface area (Å²) in [6.07, 6.45) is 1.05. The normalized spacial score (nSPS) is 10.6. The Hall–Kier alpha value is -4.80. The fourth-order valence-corrected chi connectivity index (χ4v) is 3.01. The molecule has 3 aromatic carbocycles. The van der Waals surface area contributed by atoms with Gasteiger partial charge in [0.2, 0.25) is 11.8 Å². The summed E-state index contributed by atoms with van der Waals surface area (Å²) in [4.78, 5) is 35.9. The van der Waals surface area contributed by atoms with Crippen LogP contribution in [0.1, 0.15) is 18.4 Å². The Morgan fingerprint density at radius 1 is 0.811 bits per heavy atom. The molecule has 0 heterocycles. The fourth-order valence-electron chi connectivity index (χ4n) is 3.01. The fraction of sp³-hybridized carbons (Fsp3) is 0.154. The highest BCUT2D eigenvalue weighted by Crippen LogP contribution is 2.27. The summed E-state index contributed by atoms with van der Waals surface area (Å²) in [7, 11) is 1.41. The van der Waals surface area contributed by atoms with E-state index in [0.29, 0.717) is 11.3 Å². The first-order chi connectivity index (χ1) is 17.9. The van der Waals surface area contributed by atoms with E-state index >= 15 is 0 Å². The summed E-state index contributed by atoms with van der Waals surface area (Å²) >= 11 is 0. The molecule has 3 N–H and O–H groups in total. The molecule has 0 saturated carbocycles. The molecule has 0 atom stereocenters. The lowest BCUT2D eigenvalue weighted by Crippen LogP contribution is -2.21. The number of halogens is 2. The minimum atomic E-state index is -0.567. The Balaban J connectivity index is 1.45. The third-order valence-electron chi connectivity index (χ3n) is 4.82. The number of carbonyl (C=O) groups is 3. The van der Waals surface area contributed by atoms with Gasteiger partial charge >= 0.3 is 0 Å². The zero-order valence-electron chi connectivity index (χ0n) is 19.8. The largest absolute Gasteiger partial charge is 0.493 e. The number of rotatable bonds is 11. The third kappa shape index (κ3) is 8.42. The topological polar surface area (TPSA) is 118 Å². The molecular formula is C26H24F2N4O5. The van der Waals surface area contributed by atoms with Gasteiger partial charge in [-0.15, -0.1) is 0 Å². The zero-order chi connectivity index (χ0) is 26.6. The second-order valence-corrected chi connectivity index (χ2v) is 7.55. The summed E-state index contributed by atoms with van der Waals surface area (Å²) in [5, 5.41) is 8.65. The van der Waals surface area contributed by atoms with Gasteiger partial charge in [-0.05, 0) is 48.0 Å². The highest BCUT2D eigenvalue weighted by molar-refractivity contribution is 5.93. The number of nitrogens with zero attached hydrogens (tertiary/aromatic N) is 1. The van der Waals surface area contributed by atoms with Crippen molar-refractivity contribution >= 4 is 35.3 Å². The van der Waals surface area contributed by atoms with Gasteiger partial charge in [-0.3, -0.25) is 14.4 Å². The van der Waals surface area contributed by atoms with Crippen molar-refractivity contribution in [1.82, 2.24) is 5.43 Å². The number of amides is 3. The maximum Gasteiger partial charge on any atom is 0.262 e. The maximum absolute atomic E-state index is 13.7. The third-order valence-corrected chi connectivity index (χ3v) is 4.82. The van der Waals surface area contributed by atoms with Crippen molar-refractivity contribution in [3.05, 3.63) is 83.9 Å². The van der Waals surface area contributed by atoms with Gasteiger partial charge in [-0.1, -0.05) is 24.3 Å². The van der Waals surface area contributed by atoms with Crippen LogP contribution in [0.2, 0.25) is 0 Å². The summed E-state index contributed by atoms with van der Waals surface area (Å²) in [6, 6.07) is 16.2. The molecule has 0 unspecified atom stereocenters. The quantitative estimate of drug-likeness (QED) is 0.268. The van der Waals surface area contributed by atoms with Crippen molar-refractivity contribution in [1.29, 1.82) is 0 Å². The average molecular weight is 510 g/mol. The van der Waals surface area contributed by atoms with E-state index in [1.807, 2.05) is 0 Å². The van der Waals surface area contributed by atoms with Crippen LogP contribution in [0, 0.1) is 11.6 Å². The molecule has 37 heavy (non-hydrogen) atoms. The number of hydrazone groups is 1. The number of anilines is 2. The van der Waals surface area contributed by atoms with E-state index in [-0.39, 0.29) is 36.6 Å². The molecule has 9 nitrogen and oxygen atoms in total. The van der Waals surface area contributed by atoms with E-state index in [9.17, 15) is 23.2 Å². The number of nitrogens with one attached hydrogen (secondary N) is 3. The predicted molar refractivity (Wildman–Crippen MR) is 134 cm³/mol. The molecule has 3 amide bonds. The molecule has 0 saturated heterocycles. The Bertz CT molecular complexity index is 1300. The predicted octanol–water partition coefficient (Wildman–Crippen LogP) is 3.86. The van der Waals surface area contributed by atoms with Crippen LogP contribution in [0.4, 0.5) is 20.2 Å². The van der Waals surface area contributed by atoms with Gasteiger partial charge < -0.3 is 20.1 Å². The van der Waals surface area contributed by atoms with E-state index in [1.54, 1.807) is 30.3 Å². The summed E-state index contributed by atoms with van der Waals surface area (Å²) < 4.78 is 38.0. The van der Waals surface area contributed by atoms with E-state index in [2.05, 4.69) is 21.2 Å². The molecule has 0 aliphatic rings. The van der Waals surface area contributed by atoms with Crippen LogP contribution in [0.25, 0.3) is 0 Å². The molecular weight excluding hydrogens is 486 g/mol. The molecule has 3 rings (SSSR count). The van der Waals surface area contributed by atoms with Gasteiger partial charge in [0.1, 0.15) is 11.6 Å². The molecule has 0 aliphatic heterocycles. The molecule has 11 heteroatoms. The lowest BCUT2D eigenvalue weighted by atomic mass is 10.2. The number of hydrogen-bond acceptors (Lipinski definition) is 6. The molecule has 0 fully saturated rings. The molecule has 0 aliphatic carbocycles. The molecule has 0 bridgehead atoms. The van der Waals surface area contributed by atoms with Gasteiger partial charge in [-0.25, -0.2) is 14.2 Å². The standard InChI is InChI=1S/C26H24F2N4O5/c1-36-23-14-17(10-11-22(23)37-16-26(35)31-21-9-5-3-7-19(21)28)15-29-32-25(34)13-12-24(33)30-20-8-4-2-6-18(20)27/h2-11,14-15H,12-13,16H2,1H3,(H,30,33)(H,31,35)(H,32,34). The lowest BCUT2D eigenvalue weighted by molar-refractivity contribution is -0.124. The van der Waals surface area contributed by atoms with E-state index in [1.165, 1.54) is 49.7 Å². The van der Waals surface area contributed by atoms with Crippen LogP contribution in [0.3, 0.4) is 0 Å². The van der Waals surface area contributed by atoms with E-state index in [0.717, 1.165) is 0 Å². The van der Waals surface area contributed by atoms with Crippen LogP contribution >= 0.6 is 0 Å². The smallest absolute Gasteiger partial charge is 0.262 e. The summed E-state index contributed by atoms with van der Waals surface area (Å²) in [6.45, 7) is -0.376.